The zero-order chi connectivity index (χ0) is 22.8. The van der Waals surface area contributed by atoms with Crippen molar-refractivity contribution in [1.82, 2.24) is 4.98 Å². The number of nitrogens with zero attached hydrogens (tertiary/aromatic N) is 1. The first-order valence-corrected chi connectivity index (χ1v) is 11.7. The van der Waals surface area contributed by atoms with Gasteiger partial charge < -0.3 is 4.42 Å². The summed E-state index contributed by atoms with van der Waals surface area (Å²) in [5.74, 6) is 0.236. The number of thiazole rings is 1. The largest absolute Gasteiger partial charge is 0.437 e. The Balaban J connectivity index is 1.28. The van der Waals surface area contributed by atoms with Crippen molar-refractivity contribution in [1.29, 1.82) is 0 Å². The van der Waals surface area contributed by atoms with E-state index >= 15 is 0 Å². The number of carbonyl (C=O) groups excluding carboxylic acids is 2. The first-order chi connectivity index (χ1) is 16.7. The summed E-state index contributed by atoms with van der Waals surface area (Å²) in [5.41, 5.74) is 2.56. The summed E-state index contributed by atoms with van der Waals surface area (Å²) in [5, 5.41) is 4.71. The van der Waals surface area contributed by atoms with Crippen LogP contribution in [0, 0.1) is 0 Å². The number of fused-ring (bicyclic) bond motifs is 4. The molecule has 2 aromatic heterocycles. The molecule has 2 heterocycles. The lowest BCUT2D eigenvalue weighted by Crippen LogP contribution is -2.00. The predicted molar refractivity (Wildman–Crippen MR) is 135 cm³/mol. The minimum Gasteiger partial charge on any atom is -0.437 e. The minimum absolute atomic E-state index is 0.149. The molecule has 0 unspecified atom stereocenters. The molecule has 0 radical (unpaired) electrons. The van der Waals surface area contributed by atoms with E-state index in [0.29, 0.717) is 21.8 Å². The SMILES string of the molecule is O=C1C(=Cc2nc3oc(-c4cccc5ccccc45)cc3s2)C(=O)c2cc3ccccc3cc21. The third-order valence-corrected chi connectivity index (χ3v) is 7.22. The van der Waals surface area contributed by atoms with Gasteiger partial charge in [-0.2, -0.15) is 0 Å². The fourth-order valence-corrected chi connectivity index (χ4v) is 5.52. The van der Waals surface area contributed by atoms with Crippen molar-refractivity contribution >= 4 is 60.9 Å². The van der Waals surface area contributed by atoms with Gasteiger partial charge in [0, 0.05) is 22.8 Å². The highest BCUT2D eigenvalue weighted by molar-refractivity contribution is 7.19. The Kier molecular flexibility index (Phi) is 3.98. The smallest absolute Gasteiger partial charge is 0.238 e. The summed E-state index contributed by atoms with van der Waals surface area (Å²) in [6.45, 7) is 0. The molecular weight excluding hydrogens is 442 g/mol. The Morgan fingerprint density at radius 2 is 1.35 bits per heavy atom. The second-order valence-electron chi connectivity index (χ2n) is 8.32. The third kappa shape index (κ3) is 2.81. The van der Waals surface area contributed by atoms with Crippen LogP contribution in [0.3, 0.4) is 0 Å². The normalized spacial score (nSPS) is 13.4. The van der Waals surface area contributed by atoms with Crippen LogP contribution in [0.2, 0.25) is 0 Å². The Labute approximate surface area is 197 Å². The predicted octanol–water partition coefficient (Wildman–Crippen LogP) is 7.33. The van der Waals surface area contributed by atoms with Crippen LogP contribution < -0.4 is 0 Å². The Morgan fingerprint density at radius 1 is 0.706 bits per heavy atom. The molecule has 0 atom stereocenters. The van der Waals surface area contributed by atoms with Gasteiger partial charge in [0.25, 0.3) is 0 Å². The highest BCUT2D eigenvalue weighted by Crippen LogP contribution is 2.37. The van der Waals surface area contributed by atoms with Crippen molar-refractivity contribution in [2.45, 2.75) is 0 Å². The average molecular weight is 458 g/mol. The lowest BCUT2D eigenvalue weighted by atomic mass is 10.0. The molecule has 34 heavy (non-hydrogen) atoms. The van der Waals surface area contributed by atoms with Gasteiger partial charge in [0.2, 0.25) is 5.71 Å². The number of furan rings is 1. The molecule has 5 heteroatoms. The van der Waals surface area contributed by atoms with Gasteiger partial charge in [0.1, 0.15) is 10.8 Å². The lowest BCUT2D eigenvalue weighted by molar-refractivity contribution is 0.0990. The summed E-state index contributed by atoms with van der Waals surface area (Å²) in [7, 11) is 0. The van der Waals surface area contributed by atoms with Crippen molar-refractivity contribution in [2.24, 2.45) is 0 Å². The van der Waals surface area contributed by atoms with Gasteiger partial charge in [-0.1, -0.05) is 66.7 Å². The molecular formula is C29H15NO3S. The quantitative estimate of drug-likeness (QED) is 0.202. The van der Waals surface area contributed by atoms with Crippen molar-refractivity contribution in [3.63, 3.8) is 0 Å². The highest BCUT2D eigenvalue weighted by Gasteiger charge is 2.33. The van der Waals surface area contributed by atoms with E-state index in [2.05, 4.69) is 23.2 Å². The lowest BCUT2D eigenvalue weighted by Gasteiger charge is -2.03. The van der Waals surface area contributed by atoms with Crippen LogP contribution in [0.1, 0.15) is 25.7 Å². The molecule has 7 rings (SSSR count). The summed E-state index contributed by atoms with van der Waals surface area (Å²) in [4.78, 5) is 30.6. The molecule has 0 bridgehead atoms. The van der Waals surface area contributed by atoms with Gasteiger partial charge >= 0.3 is 0 Å². The minimum atomic E-state index is -0.256. The van der Waals surface area contributed by atoms with E-state index in [1.165, 1.54) is 11.3 Å². The van der Waals surface area contributed by atoms with Gasteiger partial charge in [-0.3, -0.25) is 9.59 Å². The van der Waals surface area contributed by atoms with Crippen molar-refractivity contribution in [2.75, 3.05) is 0 Å². The molecule has 0 aliphatic heterocycles. The molecule has 0 saturated heterocycles. The summed E-state index contributed by atoms with van der Waals surface area (Å²) >= 11 is 1.41. The molecule has 160 valence electrons. The maximum Gasteiger partial charge on any atom is 0.238 e. The van der Waals surface area contributed by atoms with Crippen LogP contribution >= 0.6 is 11.3 Å². The van der Waals surface area contributed by atoms with Gasteiger partial charge in [-0.25, -0.2) is 4.98 Å². The Bertz CT molecular complexity index is 1760. The van der Waals surface area contributed by atoms with Crippen LogP contribution in [0.5, 0.6) is 0 Å². The van der Waals surface area contributed by atoms with E-state index in [0.717, 1.165) is 37.6 Å². The van der Waals surface area contributed by atoms with Gasteiger partial charge in [-0.15, -0.1) is 11.3 Å². The molecule has 0 amide bonds. The number of hydrogen-bond acceptors (Lipinski definition) is 5. The second-order valence-corrected chi connectivity index (χ2v) is 9.38. The van der Waals surface area contributed by atoms with Gasteiger partial charge in [-0.05, 0) is 39.8 Å². The fourth-order valence-electron chi connectivity index (χ4n) is 4.65. The molecule has 0 saturated carbocycles. The Hall–Kier alpha value is -4.35. The molecule has 0 fully saturated rings. The van der Waals surface area contributed by atoms with Gasteiger partial charge in [0.15, 0.2) is 11.6 Å². The summed E-state index contributed by atoms with van der Waals surface area (Å²) in [6, 6.07) is 27.6. The van der Waals surface area contributed by atoms with Crippen molar-refractivity contribution < 1.29 is 14.0 Å². The monoisotopic (exact) mass is 457 g/mol. The van der Waals surface area contributed by atoms with Crippen LogP contribution in [0.25, 0.3) is 49.4 Å². The van der Waals surface area contributed by atoms with Crippen LogP contribution in [-0.2, 0) is 0 Å². The molecule has 4 nitrogen and oxygen atoms in total. The molecule has 4 aromatic carbocycles. The van der Waals surface area contributed by atoms with E-state index in [1.54, 1.807) is 18.2 Å². The molecule has 1 aliphatic carbocycles. The number of carbonyl (C=O) groups is 2. The molecule has 1 aliphatic rings. The van der Waals surface area contributed by atoms with E-state index in [4.69, 9.17) is 4.42 Å². The van der Waals surface area contributed by atoms with E-state index in [-0.39, 0.29) is 17.1 Å². The number of Topliss-reactive ketones (excluding diaryl/α,β-unsaturated/α-hetero) is 2. The first kappa shape index (κ1) is 19.1. The molecule has 0 N–H and O–H groups in total. The van der Waals surface area contributed by atoms with E-state index in [9.17, 15) is 9.59 Å². The first-order valence-electron chi connectivity index (χ1n) is 10.9. The maximum absolute atomic E-state index is 13.0. The summed E-state index contributed by atoms with van der Waals surface area (Å²) in [6.07, 6.45) is 1.59. The zero-order valence-electron chi connectivity index (χ0n) is 17.7. The highest BCUT2D eigenvalue weighted by atomic mass is 32.1. The van der Waals surface area contributed by atoms with Crippen LogP contribution in [-0.4, -0.2) is 16.6 Å². The van der Waals surface area contributed by atoms with Crippen molar-refractivity contribution in [3.05, 3.63) is 107 Å². The topological polar surface area (TPSA) is 60.2 Å². The fraction of sp³-hybridized carbons (Fsp3) is 0. The van der Waals surface area contributed by atoms with Crippen LogP contribution in [0.15, 0.2) is 94.9 Å². The summed E-state index contributed by atoms with van der Waals surface area (Å²) < 4.78 is 6.95. The third-order valence-electron chi connectivity index (χ3n) is 6.29. The number of allylic oxidation sites excluding steroid dienone is 1. The average Bonchev–Trinajstić information content (AvgIpc) is 3.50. The number of benzene rings is 4. The second kappa shape index (κ2) is 7.07. The Morgan fingerprint density at radius 3 is 2.06 bits per heavy atom. The van der Waals surface area contributed by atoms with Gasteiger partial charge in [0.05, 0.1) is 10.3 Å². The zero-order valence-corrected chi connectivity index (χ0v) is 18.6. The molecule has 6 aromatic rings. The number of aromatic nitrogens is 1. The number of hydrogen-bond donors (Lipinski definition) is 0. The van der Waals surface area contributed by atoms with Crippen LogP contribution in [0.4, 0.5) is 0 Å². The van der Waals surface area contributed by atoms with E-state index in [1.807, 2.05) is 54.6 Å². The maximum atomic E-state index is 13.0. The van der Waals surface area contributed by atoms with Crippen molar-refractivity contribution in [3.8, 4) is 11.3 Å². The van der Waals surface area contributed by atoms with E-state index < -0.39 is 0 Å². The number of rotatable bonds is 2. The number of ketones is 2. The molecule has 0 spiro atoms. The standard InChI is InChI=1S/C29H15NO3S/c31-27-21-12-17-7-1-2-8-18(17)13-22(21)28(32)23(27)14-26-30-29-25(34-26)15-24(33-29)20-11-5-9-16-6-3-4-10-19(16)20/h1-15H.